The molecule has 1 unspecified atom stereocenters. The van der Waals surface area contributed by atoms with E-state index in [2.05, 4.69) is 0 Å². The highest BCUT2D eigenvalue weighted by atomic mass is 19.4. The Bertz CT molecular complexity index is 558. The zero-order chi connectivity index (χ0) is 15.7. The van der Waals surface area contributed by atoms with E-state index in [0.717, 1.165) is 6.92 Å². The molecule has 0 saturated carbocycles. The average molecular weight is 291 g/mol. The van der Waals surface area contributed by atoms with Crippen LogP contribution in [0.3, 0.4) is 0 Å². The van der Waals surface area contributed by atoms with Crippen LogP contribution < -0.4 is 16.8 Å². The molecular formula is C11H12F3N3O3. The predicted molar refractivity (Wildman–Crippen MR) is 64.8 cm³/mol. The molecule has 1 amide bonds. The Hall–Kier alpha value is -2.45. The van der Waals surface area contributed by atoms with E-state index in [-0.39, 0.29) is 5.69 Å². The molecule has 0 bridgehead atoms. The van der Waals surface area contributed by atoms with Crippen LogP contribution in [0.15, 0.2) is 12.1 Å². The first kappa shape index (κ1) is 15.6. The number of rotatable bonds is 3. The maximum absolute atomic E-state index is 12.6. The highest BCUT2D eigenvalue weighted by Gasteiger charge is 2.33. The molecule has 0 aliphatic heterocycles. The van der Waals surface area contributed by atoms with Crippen molar-refractivity contribution < 1.29 is 27.9 Å². The summed E-state index contributed by atoms with van der Waals surface area (Å²) in [6, 6.07) is -0.153. The number of carboxylic acid groups (broad SMARTS) is 1. The van der Waals surface area contributed by atoms with Crippen molar-refractivity contribution in [2.24, 2.45) is 0 Å². The fourth-order valence-electron chi connectivity index (χ4n) is 1.36. The summed E-state index contributed by atoms with van der Waals surface area (Å²) in [5.41, 5.74) is 8.36. The molecule has 0 aliphatic carbocycles. The van der Waals surface area contributed by atoms with Gasteiger partial charge in [0, 0.05) is 0 Å². The van der Waals surface area contributed by atoms with E-state index >= 15 is 0 Å². The first-order valence-corrected chi connectivity index (χ1v) is 5.34. The molecule has 1 aromatic carbocycles. The van der Waals surface area contributed by atoms with Gasteiger partial charge in [-0.15, -0.1) is 0 Å². The first-order chi connectivity index (χ1) is 9.04. The van der Waals surface area contributed by atoms with Gasteiger partial charge in [0.25, 0.3) is 5.91 Å². The van der Waals surface area contributed by atoms with Gasteiger partial charge in [-0.25, -0.2) is 0 Å². The number of nitrogens with one attached hydrogen (secondary N) is 1. The number of aliphatic carboxylic acids is 1. The topological polar surface area (TPSA) is 118 Å². The largest absolute Gasteiger partial charge is 0.480 e. The molecule has 0 aliphatic rings. The van der Waals surface area contributed by atoms with Crippen molar-refractivity contribution in [1.29, 1.82) is 0 Å². The number of nitrogen functional groups attached to an aromatic ring is 2. The molecule has 1 aromatic rings. The van der Waals surface area contributed by atoms with Crippen LogP contribution in [0.4, 0.5) is 24.5 Å². The Morgan fingerprint density at radius 1 is 1.30 bits per heavy atom. The first-order valence-electron chi connectivity index (χ1n) is 5.34. The van der Waals surface area contributed by atoms with Crippen LogP contribution in [0.1, 0.15) is 22.8 Å². The highest BCUT2D eigenvalue weighted by Crippen LogP contribution is 2.34. The van der Waals surface area contributed by atoms with Crippen molar-refractivity contribution in [1.82, 2.24) is 5.32 Å². The third-order valence-electron chi connectivity index (χ3n) is 2.50. The Balaban J connectivity index is 3.20. The molecule has 0 saturated heterocycles. The summed E-state index contributed by atoms with van der Waals surface area (Å²) in [4.78, 5) is 22.3. The number of amides is 1. The molecule has 1 atom stereocenters. The number of carbonyl (C=O) groups is 2. The quantitative estimate of drug-likeness (QED) is 0.621. The lowest BCUT2D eigenvalue weighted by Gasteiger charge is -2.15. The molecule has 0 spiro atoms. The van der Waals surface area contributed by atoms with Crippen molar-refractivity contribution in [3.05, 3.63) is 23.3 Å². The number of halogens is 3. The summed E-state index contributed by atoms with van der Waals surface area (Å²) in [6.45, 7) is 1.16. The number of nitrogens with two attached hydrogens (primary N) is 2. The Morgan fingerprint density at radius 2 is 1.85 bits per heavy atom. The third-order valence-corrected chi connectivity index (χ3v) is 2.50. The zero-order valence-corrected chi connectivity index (χ0v) is 10.3. The van der Waals surface area contributed by atoms with Gasteiger partial charge in [0.05, 0.1) is 22.5 Å². The van der Waals surface area contributed by atoms with Gasteiger partial charge in [0.1, 0.15) is 6.04 Å². The molecule has 1 rings (SSSR count). The molecule has 20 heavy (non-hydrogen) atoms. The predicted octanol–water partition coefficient (Wildman–Crippen LogP) is 1.07. The molecule has 0 aromatic heterocycles. The Kier molecular flexibility index (Phi) is 4.11. The van der Waals surface area contributed by atoms with Gasteiger partial charge in [0.2, 0.25) is 0 Å². The van der Waals surface area contributed by atoms with Gasteiger partial charge in [-0.3, -0.25) is 9.59 Å². The van der Waals surface area contributed by atoms with Gasteiger partial charge in [-0.05, 0) is 19.1 Å². The maximum atomic E-state index is 12.6. The fraction of sp³-hybridized carbons (Fsp3) is 0.273. The van der Waals surface area contributed by atoms with E-state index < -0.39 is 40.9 Å². The lowest BCUT2D eigenvalue weighted by Crippen LogP contribution is -2.38. The van der Waals surface area contributed by atoms with Crippen molar-refractivity contribution in [3.63, 3.8) is 0 Å². The molecule has 6 nitrogen and oxygen atoms in total. The Morgan fingerprint density at radius 3 is 2.30 bits per heavy atom. The van der Waals surface area contributed by atoms with Crippen LogP contribution in [-0.4, -0.2) is 23.0 Å². The van der Waals surface area contributed by atoms with E-state index in [0.29, 0.717) is 12.1 Å². The third kappa shape index (κ3) is 3.31. The monoisotopic (exact) mass is 291 g/mol. The molecular weight excluding hydrogens is 279 g/mol. The van der Waals surface area contributed by atoms with E-state index in [1.54, 1.807) is 0 Å². The van der Waals surface area contributed by atoms with Crippen molar-refractivity contribution in [2.75, 3.05) is 11.5 Å². The van der Waals surface area contributed by atoms with Crippen molar-refractivity contribution >= 4 is 23.3 Å². The van der Waals surface area contributed by atoms with Crippen molar-refractivity contribution in [3.8, 4) is 0 Å². The van der Waals surface area contributed by atoms with Crippen LogP contribution >= 0.6 is 0 Å². The second-order valence-corrected chi connectivity index (χ2v) is 4.06. The number of benzene rings is 1. The second kappa shape index (κ2) is 5.27. The highest BCUT2D eigenvalue weighted by molar-refractivity contribution is 6.03. The minimum atomic E-state index is -4.70. The molecule has 0 heterocycles. The average Bonchev–Trinajstić information content (AvgIpc) is 2.30. The fourth-order valence-corrected chi connectivity index (χ4v) is 1.36. The number of carbonyl (C=O) groups excluding carboxylic acids is 1. The van der Waals surface area contributed by atoms with E-state index in [1.807, 2.05) is 5.32 Å². The van der Waals surface area contributed by atoms with Crippen molar-refractivity contribution in [2.45, 2.75) is 19.1 Å². The number of hydrogen-bond acceptors (Lipinski definition) is 4. The van der Waals surface area contributed by atoms with Crippen LogP contribution in [0.25, 0.3) is 0 Å². The number of carboxylic acids is 1. The van der Waals surface area contributed by atoms with Gasteiger partial charge in [-0.1, -0.05) is 0 Å². The lowest BCUT2D eigenvalue weighted by atomic mass is 10.1. The van der Waals surface area contributed by atoms with Gasteiger partial charge < -0.3 is 21.9 Å². The summed E-state index contributed by atoms with van der Waals surface area (Å²) in [5.74, 6) is -2.38. The van der Waals surface area contributed by atoms with Crippen LogP contribution in [0.5, 0.6) is 0 Å². The number of alkyl halides is 3. The van der Waals surface area contributed by atoms with Gasteiger partial charge >= 0.3 is 12.1 Å². The summed E-state index contributed by atoms with van der Waals surface area (Å²) >= 11 is 0. The van der Waals surface area contributed by atoms with Crippen LogP contribution in [0.2, 0.25) is 0 Å². The molecule has 6 N–H and O–H groups in total. The smallest absolute Gasteiger partial charge is 0.416 e. The van der Waals surface area contributed by atoms with Crippen LogP contribution in [-0.2, 0) is 11.0 Å². The Labute approximate surface area is 111 Å². The molecule has 9 heteroatoms. The molecule has 0 radical (unpaired) electrons. The maximum Gasteiger partial charge on any atom is 0.416 e. The number of hydrogen-bond donors (Lipinski definition) is 4. The SMILES string of the molecule is CC(NC(=O)c1cc(C(F)(F)F)cc(N)c1N)C(=O)O. The van der Waals surface area contributed by atoms with E-state index in [1.165, 1.54) is 0 Å². The number of anilines is 2. The molecule has 110 valence electrons. The summed E-state index contributed by atoms with van der Waals surface area (Å²) < 4.78 is 37.8. The van der Waals surface area contributed by atoms with Crippen LogP contribution in [0, 0.1) is 0 Å². The second-order valence-electron chi connectivity index (χ2n) is 4.06. The minimum Gasteiger partial charge on any atom is -0.480 e. The molecule has 0 fully saturated rings. The summed E-state index contributed by atoms with van der Waals surface area (Å²) in [6.07, 6.45) is -4.70. The zero-order valence-electron chi connectivity index (χ0n) is 10.3. The van der Waals surface area contributed by atoms with E-state index in [9.17, 15) is 22.8 Å². The minimum absolute atomic E-state index is 0.340. The van der Waals surface area contributed by atoms with E-state index in [4.69, 9.17) is 16.6 Å². The van der Waals surface area contributed by atoms with Gasteiger partial charge in [-0.2, -0.15) is 13.2 Å². The standard InChI is InChI=1S/C11H12F3N3O3/c1-4(10(19)20)17-9(18)6-2-5(11(12,13)14)3-7(15)8(6)16/h2-4H,15-16H2,1H3,(H,17,18)(H,19,20). The van der Waals surface area contributed by atoms with Gasteiger partial charge in [0.15, 0.2) is 0 Å². The lowest BCUT2D eigenvalue weighted by molar-refractivity contribution is -0.139. The summed E-state index contributed by atoms with van der Waals surface area (Å²) in [5, 5.41) is 10.6. The summed E-state index contributed by atoms with van der Waals surface area (Å²) in [7, 11) is 0. The normalized spacial score (nSPS) is 12.8.